The molecule has 0 bridgehead atoms. The Balaban J connectivity index is 1.42. The predicted octanol–water partition coefficient (Wildman–Crippen LogP) is 4.40. The Kier molecular flexibility index (Phi) is 5.71. The SMILES string of the molecule is OS1(O)CCN(Cc2c(F)cc(-n3ccc4cnc(Nc5ccccn5)nc43)cc2F)CC1. The summed E-state index contributed by atoms with van der Waals surface area (Å²) in [5.41, 5.74) is 0.760. The summed E-state index contributed by atoms with van der Waals surface area (Å²) in [6, 6.07) is 9.74. The number of anilines is 2. The average molecular weight is 473 g/mol. The first-order valence-corrected chi connectivity index (χ1v) is 12.2. The molecule has 3 aromatic heterocycles. The van der Waals surface area contributed by atoms with Gasteiger partial charge in [0.2, 0.25) is 5.95 Å². The lowest BCUT2D eigenvalue weighted by molar-refractivity contribution is 0.270. The van der Waals surface area contributed by atoms with Crippen molar-refractivity contribution in [3.63, 3.8) is 0 Å². The number of hydrogen-bond acceptors (Lipinski definition) is 7. The Bertz CT molecular complexity index is 1270. The van der Waals surface area contributed by atoms with E-state index in [0.29, 0.717) is 36.2 Å². The molecule has 0 atom stereocenters. The van der Waals surface area contributed by atoms with Gasteiger partial charge in [0.15, 0.2) is 0 Å². The Labute approximate surface area is 190 Å². The van der Waals surface area contributed by atoms with Gasteiger partial charge < -0.3 is 9.88 Å². The van der Waals surface area contributed by atoms with E-state index < -0.39 is 22.2 Å². The number of hydrogen-bond donors (Lipinski definition) is 3. The molecule has 0 aliphatic carbocycles. The summed E-state index contributed by atoms with van der Waals surface area (Å²) in [7, 11) is -2.56. The van der Waals surface area contributed by atoms with Gasteiger partial charge in [0.25, 0.3) is 0 Å². The highest BCUT2D eigenvalue weighted by Gasteiger charge is 2.24. The van der Waals surface area contributed by atoms with Crippen molar-refractivity contribution in [1.29, 1.82) is 0 Å². The number of nitrogens with zero attached hydrogens (tertiary/aromatic N) is 5. The highest BCUT2D eigenvalue weighted by atomic mass is 32.3. The van der Waals surface area contributed by atoms with Gasteiger partial charge in [0.05, 0.1) is 17.2 Å². The molecule has 0 spiro atoms. The molecule has 11 heteroatoms. The molecule has 4 aromatic rings. The third-order valence-corrected chi connectivity index (χ3v) is 7.26. The normalized spacial score (nSPS) is 17.2. The van der Waals surface area contributed by atoms with Crippen LogP contribution in [0.4, 0.5) is 20.5 Å². The van der Waals surface area contributed by atoms with Crippen LogP contribution in [0, 0.1) is 11.6 Å². The molecule has 1 aliphatic heterocycles. The summed E-state index contributed by atoms with van der Waals surface area (Å²) in [5.74, 6) is 0.0104. The zero-order chi connectivity index (χ0) is 23.0. The average Bonchev–Trinajstić information content (AvgIpc) is 3.21. The smallest absolute Gasteiger partial charge is 0.230 e. The fraction of sp³-hybridized carbons (Fsp3) is 0.227. The Hall–Kier alpha value is -3.12. The molecule has 1 aliphatic rings. The minimum Gasteiger partial charge on any atom is -0.309 e. The second-order valence-electron chi connectivity index (χ2n) is 7.87. The second-order valence-corrected chi connectivity index (χ2v) is 10.3. The van der Waals surface area contributed by atoms with E-state index in [1.165, 1.54) is 12.1 Å². The van der Waals surface area contributed by atoms with Gasteiger partial charge in [-0.05, 0) is 30.3 Å². The molecule has 172 valence electrons. The molecule has 1 aromatic carbocycles. The first-order chi connectivity index (χ1) is 15.9. The highest BCUT2D eigenvalue weighted by Crippen LogP contribution is 2.40. The number of halogens is 2. The lowest BCUT2D eigenvalue weighted by Crippen LogP contribution is -2.38. The number of nitrogens with one attached hydrogen (secondary N) is 1. The molecular formula is C22H22F2N6O2S. The lowest BCUT2D eigenvalue weighted by Gasteiger charge is -2.41. The van der Waals surface area contributed by atoms with Gasteiger partial charge in [-0.2, -0.15) is 15.6 Å². The van der Waals surface area contributed by atoms with Gasteiger partial charge in [-0.3, -0.25) is 14.0 Å². The van der Waals surface area contributed by atoms with Crippen LogP contribution in [-0.4, -0.2) is 58.1 Å². The van der Waals surface area contributed by atoms with E-state index in [9.17, 15) is 17.9 Å². The van der Waals surface area contributed by atoms with Crippen LogP contribution in [0.2, 0.25) is 0 Å². The van der Waals surface area contributed by atoms with Crippen molar-refractivity contribution >= 4 is 33.4 Å². The standard InChI is InChI=1S/C22H22F2N6O2S/c23-18-11-16(12-19(24)17(18)14-29-7-9-33(31,32)10-8-29)30-6-4-15-13-26-22(28-21(15)30)27-20-3-1-2-5-25-20/h1-6,11-13,31-32H,7-10,14H2,(H,25,26,27,28). The van der Waals surface area contributed by atoms with Crippen molar-refractivity contribution in [2.75, 3.05) is 29.9 Å². The summed E-state index contributed by atoms with van der Waals surface area (Å²) < 4.78 is 51.0. The van der Waals surface area contributed by atoms with Gasteiger partial charge in [0.1, 0.15) is 23.1 Å². The second kappa shape index (κ2) is 8.67. The van der Waals surface area contributed by atoms with Gasteiger partial charge in [-0.1, -0.05) is 6.07 Å². The van der Waals surface area contributed by atoms with E-state index in [1.54, 1.807) is 41.4 Å². The largest absolute Gasteiger partial charge is 0.309 e. The Morgan fingerprint density at radius 1 is 1.03 bits per heavy atom. The monoisotopic (exact) mass is 472 g/mol. The molecule has 0 amide bonds. The van der Waals surface area contributed by atoms with Crippen molar-refractivity contribution in [2.45, 2.75) is 6.54 Å². The van der Waals surface area contributed by atoms with E-state index >= 15 is 0 Å². The van der Waals surface area contributed by atoms with Crippen LogP contribution in [0.25, 0.3) is 16.7 Å². The number of aromatic nitrogens is 4. The molecule has 1 fully saturated rings. The molecule has 8 nitrogen and oxygen atoms in total. The minimum atomic E-state index is -2.56. The minimum absolute atomic E-state index is 0.0410. The van der Waals surface area contributed by atoms with E-state index in [0.717, 1.165) is 5.39 Å². The van der Waals surface area contributed by atoms with E-state index in [4.69, 9.17) is 0 Å². The van der Waals surface area contributed by atoms with Crippen molar-refractivity contribution in [3.05, 3.63) is 72.2 Å². The molecule has 3 N–H and O–H groups in total. The molecular weight excluding hydrogens is 450 g/mol. The molecule has 0 saturated carbocycles. The van der Waals surface area contributed by atoms with Crippen LogP contribution in [0.1, 0.15) is 5.56 Å². The summed E-state index contributed by atoms with van der Waals surface area (Å²) in [6.45, 7) is 0.836. The van der Waals surface area contributed by atoms with Crippen LogP contribution < -0.4 is 5.32 Å². The van der Waals surface area contributed by atoms with E-state index in [2.05, 4.69) is 20.3 Å². The summed E-state index contributed by atoms with van der Waals surface area (Å²) in [6.07, 6.45) is 4.96. The maximum atomic E-state index is 14.9. The van der Waals surface area contributed by atoms with Crippen LogP contribution in [0.3, 0.4) is 0 Å². The Morgan fingerprint density at radius 2 is 1.79 bits per heavy atom. The Morgan fingerprint density at radius 3 is 2.48 bits per heavy atom. The summed E-state index contributed by atoms with van der Waals surface area (Å²) in [5, 5.41) is 3.73. The third-order valence-electron chi connectivity index (χ3n) is 5.59. The zero-order valence-corrected chi connectivity index (χ0v) is 18.3. The van der Waals surface area contributed by atoms with Crippen LogP contribution in [0.15, 0.2) is 55.0 Å². The van der Waals surface area contributed by atoms with Crippen molar-refractivity contribution < 1.29 is 17.9 Å². The molecule has 33 heavy (non-hydrogen) atoms. The predicted molar refractivity (Wildman–Crippen MR) is 124 cm³/mol. The highest BCUT2D eigenvalue weighted by molar-refractivity contribution is 8.24. The van der Waals surface area contributed by atoms with Gasteiger partial charge in [0, 0.05) is 49.2 Å². The maximum absolute atomic E-state index is 14.9. The fourth-order valence-electron chi connectivity index (χ4n) is 3.76. The molecule has 0 unspecified atom stereocenters. The fourth-order valence-corrected chi connectivity index (χ4v) is 5.07. The van der Waals surface area contributed by atoms with E-state index in [-0.39, 0.29) is 23.6 Å². The summed E-state index contributed by atoms with van der Waals surface area (Å²) >= 11 is 0. The topological polar surface area (TPSA) is 99.3 Å². The van der Waals surface area contributed by atoms with Crippen molar-refractivity contribution in [3.8, 4) is 5.69 Å². The van der Waals surface area contributed by atoms with Crippen molar-refractivity contribution in [2.24, 2.45) is 0 Å². The first kappa shape index (κ1) is 21.7. The van der Waals surface area contributed by atoms with Crippen LogP contribution in [0.5, 0.6) is 0 Å². The maximum Gasteiger partial charge on any atom is 0.230 e. The lowest BCUT2D eigenvalue weighted by atomic mass is 10.1. The number of benzene rings is 1. The number of fused-ring (bicyclic) bond motifs is 1. The van der Waals surface area contributed by atoms with Gasteiger partial charge in [-0.25, -0.2) is 18.7 Å². The van der Waals surface area contributed by atoms with Gasteiger partial charge in [-0.15, -0.1) is 0 Å². The van der Waals surface area contributed by atoms with E-state index in [1.807, 2.05) is 11.0 Å². The summed E-state index contributed by atoms with van der Waals surface area (Å²) in [4.78, 5) is 14.8. The van der Waals surface area contributed by atoms with Crippen LogP contribution in [-0.2, 0) is 6.54 Å². The van der Waals surface area contributed by atoms with Crippen molar-refractivity contribution in [1.82, 2.24) is 24.4 Å². The molecule has 0 radical (unpaired) electrons. The number of rotatable bonds is 5. The van der Waals surface area contributed by atoms with Crippen LogP contribution >= 0.6 is 10.6 Å². The molecule has 1 saturated heterocycles. The third kappa shape index (κ3) is 4.67. The first-order valence-electron chi connectivity index (χ1n) is 10.3. The molecule has 4 heterocycles. The quantitative estimate of drug-likeness (QED) is 0.396. The number of pyridine rings is 1. The zero-order valence-electron chi connectivity index (χ0n) is 17.5. The molecule has 5 rings (SSSR count). The van der Waals surface area contributed by atoms with Gasteiger partial charge >= 0.3 is 0 Å².